The van der Waals surface area contributed by atoms with Crippen molar-refractivity contribution in [1.29, 1.82) is 0 Å². The van der Waals surface area contributed by atoms with E-state index in [1.54, 1.807) is 0 Å². The topological polar surface area (TPSA) is 82.1 Å². The number of carboxylic acid groups (broad SMARTS) is 1. The van der Waals surface area contributed by atoms with Gasteiger partial charge in [-0.15, -0.1) is 0 Å². The number of nitrogens with zero attached hydrogens (tertiary/aromatic N) is 2. The van der Waals surface area contributed by atoms with Crippen LogP contribution in [0, 0.1) is 5.92 Å². The van der Waals surface area contributed by atoms with E-state index < -0.39 is 29.7 Å². The van der Waals surface area contributed by atoms with Crippen LogP contribution in [0.1, 0.15) is 12.5 Å². The van der Waals surface area contributed by atoms with Gasteiger partial charge in [0.15, 0.2) is 0 Å². The minimum Gasteiger partial charge on any atom is -0.481 e. The van der Waals surface area contributed by atoms with E-state index in [1.165, 1.54) is 20.0 Å². The molecule has 0 radical (unpaired) electrons. The number of benzene rings is 1. The van der Waals surface area contributed by atoms with Crippen molar-refractivity contribution >= 4 is 23.4 Å². The third-order valence-corrected chi connectivity index (χ3v) is 4.23. The lowest BCUT2D eigenvalue weighted by molar-refractivity contribution is -0.141. The van der Waals surface area contributed by atoms with Gasteiger partial charge in [0, 0.05) is 26.7 Å². The number of anilines is 2. The molecule has 2 amide bonds. The maximum Gasteiger partial charge on any atom is 0.416 e. The van der Waals surface area contributed by atoms with Crippen LogP contribution in [0.25, 0.3) is 0 Å². The predicted molar refractivity (Wildman–Crippen MR) is 92.9 cm³/mol. The number of hydrogen-bond acceptors (Lipinski definition) is 4. The summed E-state index contributed by atoms with van der Waals surface area (Å²) in [4.78, 5) is 26.3. The molecule has 2 N–H and O–H groups in total. The van der Waals surface area contributed by atoms with Gasteiger partial charge in [0.25, 0.3) is 0 Å². The van der Waals surface area contributed by atoms with Crippen molar-refractivity contribution < 1.29 is 32.6 Å². The zero-order chi connectivity index (χ0) is 20.2. The van der Waals surface area contributed by atoms with Gasteiger partial charge in [-0.3, -0.25) is 4.79 Å². The zero-order valence-corrected chi connectivity index (χ0v) is 15.0. The monoisotopic (exact) mass is 389 g/mol. The molecule has 1 unspecified atom stereocenters. The highest BCUT2D eigenvalue weighted by Crippen LogP contribution is 2.35. The number of ether oxygens (including phenoxy) is 1. The fourth-order valence-corrected chi connectivity index (χ4v) is 2.67. The molecule has 7 nitrogen and oxygen atoms in total. The SMILES string of the molecule is CC(CN(C)C(=O)Nc1cc(C(F)(F)F)ccc1N1CCOCC1)C(=O)O. The van der Waals surface area contributed by atoms with E-state index in [0.29, 0.717) is 32.0 Å². The molecule has 1 heterocycles. The third-order valence-electron chi connectivity index (χ3n) is 4.23. The Labute approximate surface area is 154 Å². The van der Waals surface area contributed by atoms with E-state index in [2.05, 4.69) is 5.32 Å². The van der Waals surface area contributed by atoms with Crippen molar-refractivity contribution in [2.75, 3.05) is 50.1 Å². The van der Waals surface area contributed by atoms with Crippen molar-refractivity contribution in [3.8, 4) is 0 Å². The van der Waals surface area contributed by atoms with Crippen LogP contribution >= 0.6 is 0 Å². The van der Waals surface area contributed by atoms with Gasteiger partial charge in [-0.25, -0.2) is 4.79 Å². The number of carbonyl (C=O) groups excluding carboxylic acids is 1. The standard InChI is InChI=1S/C17H22F3N3O4/c1-11(15(24)25)10-22(2)16(26)21-13-9-12(17(18,19)20)3-4-14(13)23-5-7-27-8-6-23/h3-4,9,11H,5-8,10H2,1-2H3,(H,21,26)(H,24,25). The number of carbonyl (C=O) groups is 2. The largest absolute Gasteiger partial charge is 0.481 e. The quantitative estimate of drug-likeness (QED) is 0.809. The molecule has 1 aromatic carbocycles. The van der Waals surface area contributed by atoms with Gasteiger partial charge in [0.2, 0.25) is 0 Å². The molecule has 0 spiro atoms. The summed E-state index contributed by atoms with van der Waals surface area (Å²) in [6, 6.07) is 2.49. The Morgan fingerprint density at radius 2 is 1.96 bits per heavy atom. The van der Waals surface area contributed by atoms with Crippen molar-refractivity contribution in [2.45, 2.75) is 13.1 Å². The summed E-state index contributed by atoms with van der Waals surface area (Å²) in [7, 11) is 1.39. The van der Waals surface area contributed by atoms with E-state index >= 15 is 0 Å². The highest BCUT2D eigenvalue weighted by atomic mass is 19.4. The van der Waals surface area contributed by atoms with Crippen LogP contribution in [0.5, 0.6) is 0 Å². The van der Waals surface area contributed by atoms with Crippen LogP contribution in [-0.4, -0.2) is 61.9 Å². The fraction of sp³-hybridized carbons (Fsp3) is 0.529. The maximum absolute atomic E-state index is 13.1. The number of morpholine rings is 1. The average Bonchev–Trinajstić information content (AvgIpc) is 2.61. The molecule has 1 atom stereocenters. The number of aliphatic carboxylic acids is 1. The molecule has 1 fully saturated rings. The number of rotatable bonds is 5. The van der Waals surface area contributed by atoms with E-state index in [9.17, 15) is 22.8 Å². The summed E-state index contributed by atoms with van der Waals surface area (Å²) in [5.74, 6) is -1.87. The van der Waals surface area contributed by atoms with Gasteiger partial charge >= 0.3 is 18.2 Å². The number of halogens is 3. The van der Waals surface area contributed by atoms with Crippen molar-refractivity contribution in [2.24, 2.45) is 5.92 Å². The highest BCUT2D eigenvalue weighted by Gasteiger charge is 2.32. The zero-order valence-electron chi connectivity index (χ0n) is 15.0. The second-order valence-electron chi connectivity index (χ2n) is 6.38. The molecule has 1 saturated heterocycles. The average molecular weight is 389 g/mol. The van der Waals surface area contributed by atoms with E-state index in [1.807, 2.05) is 4.90 Å². The molecule has 0 saturated carbocycles. The number of hydrogen-bond donors (Lipinski definition) is 2. The molecular formula is C17H22F3N3O4. The fourth-order valence-electron chi connectivity index (χ4n) is 2.67. The van der Waals surface area contributed by atoms with Crippen LogP contribution in [-0.2, 0) is 15.7 Å². The van der Waals surface area contributed by atoms with Crippen LogP contribution in [0.3, 0.4) is 0 Å². The summed E-state index contributed by atoms with van der Waals surface area (Å²) in [5.41, 5.74) is -0.401. The molecule has 150 valence electrons. The lowest BCUT2D eigenvalue weighted by Gasteiger charge is -2.31. The predicted octanol–water partition coefficient (Wildman–Crippen LogP) is 2.73. The Bertz CT molecular complexity index is 690. The molecule has 0 aliphatic carbocycles. The Kier molecular flexibility index (Phi) is 6.53. The summed E-state index contributed by atoms with van der Waals surface area (Å²) < 4.78 is 44.5. The van der Waals surface area contributed by atoms with Gasteiger partial charge in [0.1, 0.15) is 0 Å². The molecule has 0 aromatic heterocycles. The number of amides is 2. The first-order valence-corrected chi connectivity index (χ1v) is 8.38. The number of alkyl halides is 3. The van der Waals surface area contributed by atoms with Crippen molar-refractivity contribution in [3.63, 3.8) is 0 Å². The summed E-state index contributed by atoms with van der Waals surface area (Å²) in [6.07, 6.45) is -4.55. The summed E-state index contributed by atoms with van der Waals surface area (Å²) in [6.45, 7) is 3.21. The third kappa shape index (κ3) is 5.49. The summed E-state index contributed by atoms with van der Waals surface area (Å²) >= 11 is 0. The minimum atomic E-state index is -4.55. The van der Waals surface area contributed by atoms with Gasteiger partial charge in [0.05, 0.1) is 36.1 Å². The molecule has 1 aromatic rings. The second kappa shape index (κ2) is 8.47. The van der Waals surface area contributed by atoms with Crippen LogP contribution < -0.4 is 10.2 Å². The van der Waals surface area contributed by atoms with Crippen LogP contribution in [0.4, 0.5) is 29.3 Å². The van der Waals surface area contributed by atoms with E-state index in [-0.39, 0.29) is 12.2 Å². The summed E-state index contributed by atoms with van der Waals surface area (Å²) in [5, 5.41) is 11.4. The van der Waals surface area contributed by atoms with Crippen LogP contribution in [0.15, 0.2) is 18.2 Å². The van der Waals surface area contributed by atoms with Crippen molar-refractivity contribution in [3.05, 3.63) is 23.8 Å². The van der Waals surface area contributed by atoms with Gasteiger partial charge < -0.3 is 25.0 Å². The lowest BCUT2D eigenvalue weighted by Crippen LogP contribution is -2.39. The number of carboxylic acids is 1. The first-order chi connectivity index (χ1) is 12.6. The Balaban J connectivity index is 2.25. The van der Waals surface area contributed by atoms with Crippen LogP contribution in [0.2, 0.25) is 0 Å². The van der Waals surface area contributed by atoms with Gasteiger partial charge in [-0.1, -0.05) is 6.92 Å². The molecule has 10 heteroatoms. The highest BCUT2D eigenvalue weighted by molar-refractivity contribution is 5.93. The lowest BCUT2D eigenvalue weighted by atomic mass is 10.1. The number of urea groups is 1. The van der Waals surface area contributed by atoms with E-state index in [0.717, 1.165) is 17.0 Å². The van der Waals surface area contributed by atoms with Crippen molar-refractivity contribution in [1.82, 2.24) is 4.90 Å². The number of nitrogens with one attached hydrogen (secondary N) is 1. The Morgan fingerprint density at radius 3 is 2.52 bits per heavy atom. The molecular weight excluding hydrogens is 367 g/mol. The first-order valence-electron chi connectivity index (χ1n) is 8.38. The van der Waals surface area contributed by atoms with Gasteiger partial charge in [-0.2, -0.15) is 13.2 Å². The molecule has 0 bridgehead atoms. The smallest absolute Gasteiger partial charge is 0.416 e. The molecule has 1 aliphatic rings. The Hall–Kier alpha value is -2.49. The Morgan fingerprint density at radius 1 is 1.33 bits per heavy atom. The molecule has 27 heavy (non-hydrogen) atoms. The van der Waals surface area contributed by atoms with Gasteiger partial charge in [-0.05, 0) is 18.2 Å². The maximum atomic E-state index is 13.1. The minimum absolute atomic E-state index is 0.0200. The second-order valence-corrected chi connectivity index (χ2v) is 6.38. The first kappa shape index (κ1) is 20.8. The van der Waals surface area contributed by atoms with E-state index in [4.69, 9.17) is 9.84 Å². The molecule has 1 aliphatic heterocycles. The molecule has 2 rings (SSSR count). The normalized spacial score (nSPS) is 16.0.